The van der Waals surface area contributed by atoms with Gasteiger partial charge in [-0.1, -0.05) is 0 Å². The molecule has 0 aromatic heterocycles. The van der Waals surface area contributed by atoms with Crippen LogP contribution in [0.5, 0.6) is 0 Å². The zero-order valence-electron chi connectivity index (χ0n) is 8.16. The van der Waals surface area contributed by atoms with E-state index in [9.17, 15) is 22.8 Å². The van der Waals surface area contributed by atoms with E-state index in [-0.39, 0.29) is 13.0 Å². The van der Waals surface area contributed by atoms with Crippen LogP contribution in [0.2, 0.25) is 0 Å². The summed E-state index contributed by atoms with van der Waals surface area (Å²) in [5.74, 6) is -1.23. The fourth-order valence-corrected chi connectivity index (χ4v) is 1.47. The zero-order valence-corrected chi connectivity index (χ0v) is 8.16. The van der Waals surface area contributed by atoms with E-state index in [1.807, 2.05) is 0 Å². The van der Waals surface area contributed by atoms with Crippen LogP contribution in [0, 0.1) is 0 Å². The molecule has 16 heavy (non-hydrogen) atoms. The Morgan fingerprint density at radius 2 is 2.06 bits per heavy atom. The Hall–Kier alpha value is -1.47. The van der Waals surface area contributed by atoms with E-state index in [1.165, 1.54) is 0 Å². The Bertz CT molecular complexity index is 291. The summed E-state index contributed by atoms with van der Waals surface area (Å²) < 4.78 is 39.2. The quantitative estimate of drug-likeness (QED) is 0.789. The number of carboxylic acids is 1. The fourth-order valence-electron chi connectivity index (χ4n) is 1.47. The molecule has 1 atom stereocenters. The van der Waals surface area contributed by atoms with Gasteiger partial charge in [0.25, 0.3) is 0 Å². The molecule has 0 bridgehead atoms. The smallest absolute Gasteiger partial charge is 0.422 e. The first-order valence-electron chi connectivity index (χ1n) is 4.54. The first kappa shape index (κ1) is 12.6. The second kappa shape index (κ2) is 4.58. The molecule has 1 heterocycles. The second-order valence-electron chi connectivity index (χ2n) is 3.36. The van der Waals surface area contributed by atoms with Crippen LogP contribution in [0.4, 0.5) is 18.0 Å². The highest BCUT2D eigenvalue weighted by Gasteiger charge is 2.37. The van der Waals surface area contributed by atoms with Gasteiger partial charge in [0.05, 0.1) is 0 Å². The van der Waals surface area contributed by atoms with E-state index in [0.717, 1.165) is 4.90 Å². The number of hydrogen-bond donors (Lipinski definition) is 1. The molecule has 0 aliphatic carbocycles. The van der Waals surface area contributed by atoms with E-state index in [0.29, 0.717) is 6.42 Å². The normalized spacial score (nSPS) is 20.9. The number of ether oxygens (including phenoxy) is 1. The highest BCUT2D eigenvalue weighted by molar-refractivity contribution is 5.80. The van der Waals surface area contributed by atoms with Gasteiger partial charge in [-0.05, 0) is 12.8 Å². The van der Waals surface area contributed by atoms with E-state index in [4.69, 9.17) is 5.11 Å². The molecule has 1 aliphatic rings. The summed E-state index contributed by atoms with van der Waals surface area (Å²) in [5, 5.41) is 8.69. The molecular weight excluding hydrogens is 231 g/mol. The number of amides is 1. The van der Waals surface area contributed by atoms with Crippen LogP contribution in [0.1, 0.15) is 12.8 Å². The van der Waals surface area contributed by atoms with Crippen molar-refractivity contribution in [2.45, 2.75) is 25.1 Å². The highest BCUT2D eigenvalue weighted by Crippen LogP contribution is 2.20. The molecular formula is C8H10F3NO4. The van der Waals surface area contributed by atoms with Crippen molar-refractivity contribution >= 4 is 12.1 Å². The van der Waals surface area contributed by atoms with Crippen LogP contribution < -0.4 is 0 Å². The second-order valence-corrected chi connectivity index (χ2v) is 3.36. The molecule has 92 valence electrons. The molecule has 1 amide bonds. The number of hydrogen-bond acceptors (Lipinski definition) is 3. The van der Waals surface area contributed by atoms with Gasteiger partial charge in [-0.15, -0.1) is 0 Å². The number of aliphatic carboxylic acids is 1. The average Bonchev–Trinajstić information content (AvgIpc) is 2.61. The molecule has 1 saturated heterocycles. The molecule has 1 aliphatic heterocycles. The Kier molecular flexibility index (Phi) is 3.61. The summed E-state index contributed by atoms with van der Waals surface area (Å²) in [4.78, 5) is 22.6. The zero-order chi connectivity index (χ0) is 12.3. The van der Waals surface area contributed by atoms with Crippen molar-refractivity contribution in [1.82, 2.24) is 4.90 Å². The molecule has 1 rings (SSSR count). The summed E-state index contributed by atoms with van der Waals surface area (Å²) in [5.41, 5.74) is 0. The van der Waals surface area contributed by atoms with E-state index >= 15 is 0 Å². The van der Waals surface area contributed by atoms with E-state index in [1.54, 1.807) is 0 Å². The number of halogens is 3. The monoisotopic (exact) mass is 241 g/mol. The molecule has 5 nitrogen and oxygen atoms in total. The van der Waals surface area contributed by atoms with Crippen molar-refractivity contribution in [2.24, 2.45) is 0 Å². The van der Waals surface area contributed by atoms with Crippen molar-refractivity contribution in [1.29, 1.82) is 0 Å². The highest BCUT2D eigenvalue weighted by atomic mass is 19.4. The van der Waals surface area contributed by atoms with Gasteiger partial charge >= 0.3 is 18.2 Å². The van der Waals surface area contributed by atoms with Crippen LogP contribution in [-0.4, -0.2) is 47.4 Å². The minimum absolute atomic E-state index is 0.105. The third kappa shape index (κ3) is 3.28. The van der Waals surface area contributed by atoms with Crippen LogP contribution >= 0.6 is 0 Å². The lowest BCUT2D eigenvalue weighted by Crippen LogP contribution is -2.41. The Balaban J connectivity index is 2.50. The van der Waals surface area contributed by atoms with Gasteiger partial charge in [0.1, 0.15) is 6.04 Å². The maximum absolute atomic E-state index is 11.7. The van der Waals surface area contributed by atoms with Crippen LogP contribution in [0.3, 0.4) is 0 Å². The largest absolute Gasteiger partial charge is 0.480 e. The fraction of sp³-hybridized carbons (Fsp3) is 0.750. The number of rotatable bonds is 2. The lowest BCUT2D eigenvalue weighted by atomic mass is 10.2. The van der Waals surface area contributed by atoms with Gasteiger partial charge in [0.15, 0.2) is 6.61 Å². The SMILES string of the molecule is O=C(O)[C@H]1CCCN1C(=O)OCC(F)(F)F. The summed E-state index contributed by atoms with van der Waals surface area (Å²) in [6, 6.07) is -1.08. The van der Waals surface area contributed by atoms with Crippen molar-refractivity contribution < 1.29 is 32.6 Å². The summed E-state index contributed by atoms with van der Waals surface area (Å²) in [7, 11) is 0. The standard InChI is InChI=1S/C8H10F3NO4/c9-8(10,11)4-16-7(15)12-3-1-2-5(12)6(13)14/h5H,1-4H2,(H,13,14)/t5-/m1/s1. The lowest BCUT2D eigenvalue weighted by Gasteiger charge is -2.21. The number of nitrogens with zero attached hydrogens (tertiary/aromatic N) is 1. The number of carbonyl (C=O) groups excluding carboxylic acids is 1. The van der Waals surface area contributed by atoms with Gasteiger partial charge in [0, 0.05) is 6.54 Å². The number of carbonyl (C=O) groups is 2. The Labute approximate surface area is 88.8 Å². The van der Waals surface area contributed by atoms with Crippen molar-refractivity contribution in [3.05, 3.63) is 0 Å². The van der Waals surface area contributed by atoms with Crippen molar-refractivity contribution in [3.63, 3.8) is 0 Å². The number of likely N-dealkylation sites (tertiary alicyclic amines) is 1. The molecule has 0 unspecified atom stereocenters. The molecule has 8 heteroatoms. The van der Waals surface area contributed by atoms with Gasteiger partial charge in [-0.2, -0.15) is 13.2 Å². The van der Waals surface area contributed by atoms with Crippen LogP contribution in [-0.2, 0) is 9.53 Å². The Morgan fingerprint density at radius 3 is 2.56 bits per heavy atom. The number of carboxylic acid groups (broad SMARTS) is 1. The average molecular weight is 241 g/mol. The maximum atomic E-state index is 11.7. The lowest BCUT2D eigenvalue weighted by molar-refractivity contribution is -0.163. The van der Waals surface area contributed by atoms with Crippen molar-refractivity contribution in [2.75, 3.05) is 13.2 Å². The minimum atomic E-state index is -4.60. The first-order valence-corrected chi connectivity index (χ1v) is 4.54. The summed E-state index contributed by atoms with van der Waals surface area (Å²) in [6.07, 6.45) is -5.16. The predicted molar refractivity (Wildman–Crippen MR) is 44.8 cm³/mol. The van der Waals surface area contributed by atoms with Gasteiger partial charge in [-0.3, -0.25) is 4.90 Å². The minimum Gasteiger partial charge on any atom is -0.480 e. The molecule has 0 aromatic rings. The van der Waals surface area contributed by atoms with Crippen LogP contribution in [0.15, 0.2) is 0 Å². The molecule has 1 fully saturated rings. The van der Waals surface area contributed by atoms with Crippen molar-refractivity contribution in [3.8, 4) is 0 Å². The topological polar surface area (TPSA) is 66.8 Å². The molecule has 0 radical (unpaired) electrons. The van der Waals surface area contributed by atoms with Crippen LogP contribution in [0.25, 0.3) is 0 Å². The van der Waals surface area contributed by atoms with Gasteiger partial charge < -0.3 is 9.84 Å². The van der Waals surface area contributed by atoms with Gasteiger partial charge in [0.2, 0.25) is 0 Å². The maximum Gasteiger partial charge on any atom is 0.422 e. The van der Waals surface area contributed by atoms with E-state index < -0.39 is 30.9 Å². The Morgan fingerprint density at radius 1 is 1.44 bits per heavy atom. The third-order valence-electron chi connectivity index (χ3n) is 2.13. The van der Waals surface area contributed by atoms with E-state index in [2.05, 4.69) is 4.74 Å². The molecule has 0 saturated carbocycles. The summed E-state index contributed by atoms with van der Waals surface area (Å²) >= 11 is 0. The third-order valence-corrected chi connectivity index (χ3v) is 2.13. The molecule has 0 spiro atoms. The molecule has 1 N–H and O–H groups in total. The summed E-state index contributed by atoms with van der Waals surface area (Å²) in [6.45, 7) is -1.59. The number of alkyl halides is 3. The molecule has 0 aromatic carbocycles. The predicted octanol–water partition coefficient (Wildman–Crippen LogP) is 1.23. The van der Waals surface area contributed by atoms with Gasteiger partial charge in [-0.25, -0.2) is 9.59 Å². The first-order chi connectivity index (χ1) is 7.31.